The van der Waals surface area contributed by atoms with Gasteiger partial charge in [-0.3, -0.25) is 4.98 Å². The molecule has 0 amide bonds. The minimum absolute atomic E-state index is 0.573. The molecule has 144 valence electrons. The van der Waals surface area contributed by atoms with E-state index < -0.39 is 0 Å². The number of para-hydroxylation sites is 2. The van der Waals surface area contributed by atoms with Gasteiger partial charge in [-0.25, -0.2) is 9.97 Å². The van der Waals surface area contributed by atoms with Crippen molar-refractivity contribution in [2.45, 2.75) is 13.0 Å². The van der Waals surface area contributed by atoms with Gasteiger partial charge in [-0.05, 0) is 30.3 Å². The first-order valence-corrected chi connectivity index (χ1v) is 9.67. The maximum atomic E-state index is 5.94. The van der Waals surface area contributed by atoms with Gasteiger partial charge in [0.1, 0.15) is 5.82 Å². The molecular formula is C23H20N4O2. The highest BCUT2D eigenvalue weighted by Gasteiger charge is 2.15. The summed E-state index contributed by atoms with van der Waals surface area (Å²) in [6, 6.07) is 17.8. The van der Waals surface area contributed by atoms with E-state index >= 15 is 0 Å². The van der Waals surface area contributed by atoms with Gasteiger partial charge >= 0.3 is 0 Å². The van der Waals surface area contributed by atoms with Crippen molar-refractivity contribution < 1.29 is 9.47 Å². The minimum Gasteiger partial charge on any atom is -0.490 e. The maximum absolute atomic E-state index is 5.94. The van der Waals surface area contributed by atoms with Crippen LogP contribution >= 0.6 is 0 Å². The molecule has 0 saturated heterocycles. The summed E-state index contributed by atoms with van der Waals surface area (Å²) in [4.78, 5) is 13.6. The SMILES string of the molecule is c1cc(CNc2nc(-c3ccncc3)nc3ccccc23)c2c(c1)OCCCO2. The van der Waals surface area contributed by atoms with Gasteiger partial charge in [-0.1, -0.05) is 24.3 Å². The number of anilines is 1. The molecule has 0 aliphatic carbocycles. The van der Waals surface area contributed by atoms with Gasteiger partial charge in [-0.15, -0.1) is 0 Å². The van der Waals surface area contributed by atoms with Crippen molar-refractivity contribution in [2.24, 2.45) is 0 Å². The summed E-state index contributed by atoms with van der Waals surface area (Å²) >= 11 is 0. The van der Waals surface area contributed by atoms with E-state index in [0.29, 0.717) is 25.6 Å². The van der Waals surface area contributed by atoms with Crippen LogP contribution in [0.5, 0.6) is 11.5 Å². The number of rotatable bonds is 4. The molecule has 6 nitrogen and oxygen atoms in total. The van der Waals surface area contributed by atoms with Crippen LogP contribution in [0, 0.1) is 0 Å². The Morgan fingerprint density at radius 1 is 0.862 bits per heavy atom. The third kappa shape index (κ3) is 3.57. The Morgan fingerprint density at radius 2 is 1.72 bits per heavy atom. The fraction of sp³-hybridized carbons (Fsp3) is 0.174. The van der Waals surface area contributed by atoms with Gasteiger partial charge in [0.15, 0.2) is 17.3 Å². The predicted octanol–water partition coefficient (Wildman–Crippen LogP) is 4.47. The number of nitrogens with zero attached hydrogens (tertiary/aromatic N) is 3. The third-order valence-corrected chi connectivity index (χ3v) is 4.84. The van der Waals surface area contributed by atoms with E-state index in [1.807, 2.05) is 54.6 Å². The van der Waals surface area contributed by atoms with Crippen molar-refractivity contribution in [3.05, 3.63) is 72.6 Å². The van der Waals surface area contributed by atoms with E-state index in [2.05, 4.69) is 10.3 Å². The lowest BCUT2D eigenvalue weighted by atomic mass is 10.1. The van der Waals surface area contributed by atoms with Crippen molar-refractivity contribution in [2.75, 3.05) is 18.5 Å². The monoisotopic (exact) mass is 384 g/mol. The molecule has 0 saturated carbocycles. The molecule has 2 aromatic heterocycles. The minimum atomic E-state index is 0.573. The summed E-state index contributed by atoms with van der Waals surface area (Å²) in [5.74, 6) is 3.06. The molecule has 0 atom stereocenters. The number of benzene rings is 2. The quantitative estimate of drug-likeness (QED) is 0.560. The van der Waals surface area contributed by atoms with Gasteiger partial charge in [0.05, 0.1) is 18.7 Å². The standard InChI is InChI=1S/C23H20N4O2/c1-2-7-19-18(6-1)23(27-22(26-19)16-9-11-24-12-10-16)25-15-17-5-3-8-20-21(17)29-14-4-13-28-20/h1-3,5-12H,4,13-15H2,(H,25,26,27). The van der Waals surface area contributed by atoms with Gasteiger partial charge in [0.2, 0.25) is 0 Å². The Labute approximate surface area is 168 Å². The van der Waals surface area contributed by atoms with Gasteiger partial charge in [-0.2, -0.15) is 0 Å². The molecule has 0 bridgehead atoms. The van der Waals surface area contributed by atoms with Crippen LogP contribution in [0.1, 0.15) is 12.0 Å². The molecule has 3 heterocycles. The highest BCUT2D eigenvalue weighted by molar-refractivity contribution is 5.90. The van der Waals surface area contributed by atoms with Crippen LogP contribution in [-0.2, 0) is 6.54 Å². The van der Waals surface area contributed by atoms with E-state index in [1.165, 1.54) is 0 Å². The smallest absolute Gasteiger partial charge is 0.166 e. The second kappa shape index (κ2) is 7.75. The van der Waals surface area contributed by atoms with Gasteiger partial charge in [0, 0.05) is 41.9 Å². The molecule has 29 heavy (non-hydrogen) atoms. The first kappa shape index (κ1) is 17.4. The highest BCUT2D eigenvalue weighted by atomic mass is 16.5. The van der Waals surface area contributed by atoms with Crippen LogP contribution in [0.15, 0.2) is 67.0 Å². The lowest BCUT2D eigenvalue weighted by Crippen LogP contribution is -2.06. The van der Waals surface area contributed by atoms with Crippen LogP contribution < -0.4 is 14.8 Å². The summed E-state index contributed by atoms with van der Waals surface area (Å²) in [7, 11) is 0. The summed E-state index contributed by atoms with van der Waals surface area (Å²) in [6.07, 6.45) is 4.38. The molecule has 5 rings (SSSR count). The van der Waals surface area contributed by atoms with Crippen molar-refractivity contribution in [3.8, 4) is 22.9 Å². The van der Waals surface area contributed by atoms with Crippen LogP contribution in [0.25, 0.3) is 22.3 Å². The lowest BCUT2D eigenvalue weighted by molar-refractivity contribution is 0.296. The molecule has 0 radical (unpaired) electrons. The fourth-order valence-electron chi connectivity index (χ4n) is 3.41. The molecule has 0 spiro atoms. The second-order valence-electron chi connectivity index (χ2n) is 6.80. The molecule has 0 unspecified atom stereocenters. The number of hydrogen-bond acceptors (Lipinski definition) is 6. The number of fused-ring (bicyclic) bond motifs is 2. The average molecular weight is 384 g/mol. The van der Waals surface area contributed by atoms with Gasteiger partial charge < -0.3 is 14.8 Å². The Balaban J connectivity index is 1.51. The zero-order chi connectivity index (χ0) is 19.5. The second-order valence-corrected chi connectivity index (χ2v) is 6.80. The van der Waals surface area contributed by atoms with E-state index in [9.17, 15) is 0 Å². The van der Waals surface area contributed by atoms with Crippen molar-refractivity contribution >= 4 is 16.7 Å². The summed E-state index contributed by atoms with van der Waals surface area (Å²) < 4.78 is 11.7. The summed E-state index contributed by atoms with van der Waals surface area (Å²) in [6.45, 7) is 1.91. The van der Waals surface area contributed by atoms with E-state index in [0.717, 1.165) is 45.8 Å². The Morgan fingerprint density at radius 3 is 2.66 bits per heavy atom. The highest BCUT2D eigenvalue weighted by Crippen LogP contribution is 2.34. The number of nitrogens with one attached hydrogen (secondary N) is 1. The number of hydrogen-bond donors (Lipinski definition) is 1. The molecule has 4 aromatic rings. The largest absolute Gasteiger partial charge is 0.490 e. The van der Waals surface area contributed by atoms with Crippen molar-refractivity contribution in [1.82, 2.24) is 15.0 Å². The van der Waals surface area contributed by atoms with Crippen LogP contribution in [0.4, 0.5) is 5.82 Å². The Hall–Kier alpha value is -3.67. The van der Waals surface area contributed by atoms with Crippen LogP contribution in [-0.4, -0.2) is 28.2 Å². The van der Waals surface area contributed by atoms with Crippen molar-refractivity contribution in [3.63, 3.8) is 0 Å². The van der Waals surface area contributed by atoms with Crippen molar-refractivity contribution in [1.29, 1.82) is 0 Å². The normalized spacial score (nSPS) is 13.1. The lowest BCUT2D eigenvalue weighted by Gasteiger charge is -2.15. The number of aromatic nitrogens is 3. The third-order valence-electron chi connectivity index (χ3n) is 4.84. The molecular weight excluding hydrogens is 364 g/mol. The fourth-order valence-corrected chi connectivity index (χ4v) is 3.41. The van der Waals surface area contributed by atoms with E-state index in [-0.39, 0.29) is 0 Å². The molecule has 2 aromatic carbocycles. The number of ether oxygens (including phenoxy) is 2. The average Bonchev–Trinajstić information content (AvgIpc) is 3.04. The topological polar surface area (TPSA) is 69.2 Å². The Kier molecular flexibility index (Phi) is 4.66. The zero-order valence-corrected chi connectivity index (χ0v) is 15.8. The maximum Gasteiger partial charge on any atom is 0.166 e. The van der Waals surface area contributed by atoms with Crippen LogP contribution in [0.2, 0.25) is 0 Å². The summed E-state index contributed by atoms with van der Waals surface area (Å²) in [5, 5.41) is 4.46. The van der Waals surface area contributed by atoms with Gasteiger partial charge in [0.25, 0.3) is 0 Å². The zero-order valence-electron chi connectivity index (χ0n) is 15.8. The van der Waals surface area contributed by atoms with E-state index in [1.54, 1.807) is 12.4 Å². The summed E-state index contributed by atoms with van der Waals surface area (Å²) in [5.41, 5.74) is 2.86. The molecule has 6 heteroatoms. The van der Waals surface area contributed by atoms with Crippen LogP contribution in [0.3, 0.4) is 0 Å². The molecule has 1 aliphatic rings. The molecule has 1 N–H and O–H groups in total. The van der Waals surface area contributed by atoms with E-state index in [4.69, 9.17) is 19.4 Å². The Bertz CT molecular complexity index is 1150. The number of pyridine rings is 1. The molecule has 0 fully saturated rings. The predicted molar refractivity (Wildman–Crippen MR) is 112 cm³/mol. The first-order valence-electron chi connectivity index (χ1n) is 9.67. The first-order chi connectivity index (χ1) is 14.4. The molecule has 1 aliphatic heterocycles.